The van der Waals surface area contributed by atoms with Gasteiger partial charge in [0.05, 0.1) is 18.1 Å². The summed E-state index contributed by atoms with van der Waals surface area (Å²) in [4.78, 5) is 2.15. The van der Waals surface area contributed by atoms with E-state index in [2.05, 4.69) is 46.3 Å². The molecule has 9 heteroatoms. The molecule has 7 nitrogen and oxygen atoms in total. The Morgan fingerprint density at radius 2 is 1.53 bits per heavy atom. The van der Waals surface area contributed by atoms with Gasteiger partial charge in [-0.25, -0.2) is 0 Å². The standard InChI is InChI=1S/C12H19NO3S.C10H14.C3H6O3S/c1-2-13(9-6-10-17(14,15)16)11-12-7-4-3-5-8-12;1-2-3-7-10-8-5-4-6-9-10;4-7(5)3-1-2-6-7/h3-5,7-8H,2,6,9-11H2,1H3,(H,14,15,16);4-6,8-9H,2-3,7H2,1H3;1-3H2. The summed E-state index contributed by atoms with van der Waals surface area (Å²) in [5.74, 6) is 0.0330. The first-order chi connectivity index (χ1) is 16.1. The average molecular weight is 514 g/mol. The Balaban J connectivity index is 0.000000285. The Morgan fingerprint density at radius 3 is 1.94 bits per heavy atom. The van der Waals surface area contributed by atoms with Crippen molar-refractivity contribution in [3.8, 4) is 0 Å². The second-order valence-corrected chi connectivity index (χ2v) is 11.4. The molecule has 1 aliphatic rings. The summed E-state index contributed by atoms with van der Waals surface area (Å²) in [5.41, 5.74) is 2.67. The number of benzene rings is 2. The van der Waals surface area contributed by atoms with E-state index < -0.39 is 20.2 Å². The minimum atomic E-state index is -3.83. The molecule has 0 spiro atoms. The molecular formula is C25H39NO6S2. The molecule has 0 aliphatic carbocycles. The van der Waals surface area contributed by atoms with E-state index in [0.717, 1.165) is 13.1 Å². The summed E-state index contributed by atoms with van der Waals surface area (Å²) in [5, 5.41) is 0. The number of aryl methyl sites for hydroxylation is 1. The lowest BCUT2D eigenvalue weighted by Gasteiger charge is -2.19. The van der Waals surface area contributed by atoms with Crippen LogP contribution in [0.4, 0.5) is 0 Å². The fourth-order valence-corrected chi connectivity index (χ4v) is 4.62. The van der Waals surface area contributed by atoms with Crippen LogP contribution in [0.25, 0.3) is 0 Å². The predicted molar refractivity (Wildman–Crippen MR) is 138 cm³/mol. The summed E-state index contributed by atoms with van der Waals surface area (Å²) in [6.07, 6.45) is 4.94. The lowest BCUT2D eigenvalue weighted by Crippen LogP contribution is -2.25. The van der Waals surface area contributed by atoms with Gasteiger partial charge in [0.2, 0.25) is 0 Å². The van der Waals surface area contributed by atoms with E-state index in [0.29, 0.717) is 26.0 Å². The van der Waals surface area contributed by atoms with E-state index in [1.165, 1.54) is 30.4 Å². The van der Waals surface area contributed by atoms with E-state index in [1.54, 1.807) is 0 Å². The molecule has 1 aliphatic heterocycles. The molecule has 1 heterocycles. The third-order valence-corrected chi connectivity index (χ3v) is 7.16. The van der Waals surface area contributed by atoms with Crippen LogP contribution < -0.4 is 0 Å². The minimum Gasteiger partial charge on any atom is -0.299 e. The molecule has 2 aromatic carbocycles. The summed E-state index contributed by atoms with van der Waals surface area (Å²) in [6.45, 7) is 6.98. The largest absolute Gasteiger partial charge is 0.299 e. The first-order valence-electron chi connectivity index (χ1n) is 11.8. The number of rotatable bonds is 10. The topological polar surface area (TPSA) is 101 Å². The van der Waals surface area contributed by atoms with Gasteiger partial charge in [-0.3, -0.25) is 13.6 Å². The van der Waals surface area contributed by atoms with Crippen LogP contribution in [0.5, 0.6) is 0 Å². The molecule has 0 bridgehead atoms. The zero-order chi connectivity index (χ0) is 25.3. The highest BCUT2D eigenvalue weighted by Gasteiger charge is 2.16. The quantitative estimate of drug-likeness (QED) is 0.367. The molecule has 0 unspecified atom stereocenters. The van der Waals surface area contributed by atoms with Gasteiger partial charge < -0.3 is 0 Å². The Labute approximate surface area is 206 Å². The van der Waals surface area contributed by atoms with Gasteiger partial charge in [-0.1, -0.05) is 80.9 Å². The molecule has 2 aromatic rings. The molecule has 1 N–H and O–H groups in total. The maximum Gasteiger partial charge on any atom is 0.267 e. The number of unbranched alkanes of at least 4 members (excludes halogenated alkanes) is 1. The smallest absolute Gasteiger partial charge is 0.267 e. The molecule has 192 valence electrons. The van der Waals surface area contributed by atoms with Crippen molar-refractivity contribution >= 4 is 20.2 Å². The zero-order valence-electron chi connectivity index (χ0n) is 20.3. The lowest BCUT2D eigenvalue weighted by atomic mass is 10.1. The van der Waals surface area contributed by atoms with Crippen LogP contribution in [0.3, 0.4) is 0 Å². The van der Waals surface area contributed by atoms with E-state index in [-0.39, 0.29) is 11.5 Å². The summed E-state index contributed by atoms with van der Waals surface area (Å²) in [6, 6.07) is 20.7. The van der Waals surface area contributed by atoms with Crippen LogP contribution in [0, 0.1) is 0 Å². The first kappa shape index (κ1) is 30.3. The second-order valence-electron chi connectivity index (χ2n) is 8.02. The predicted octanol–water partition coefficient (Wildman–Crippen LogP) is 4.55. The van der Waals surface area contributed by atoms with Crippen LogP contribution in [0.2, 0.25) is 0 Å². The highest BCUT2D eigenvalue weighted by molar-refractivity contribution is 7.86. The summed E-state index contributed by atoms with van der Waals surface area (Å²) in [7, 11) is -6.87. The number of hydrogen-bond donors (Lipinski definition) is 1. The van der Waals surface area contributed by atoms with Crippen LogP contribution in [-0.4, -0.2) is 57.5 Å². The van der Waals surface area contributed by atoms with Crippen molar-refractivity contribution in [2.24, 2.45) is 0 Å². The molecular weight excluding hydrogens is 474 g/mol. The van der Waals surface area contributed by atoms with Crippen molar-refractivity contribution in [3.05, 3.63) is 71.8 Å². The van der Waals surface area contributed by atoms with Gasteiger partial charge in [-0.15, -0.1) is 0 Å². The number of nitrogens with zero attached hydrogens (tertiary/aromatic N) is 1. The maximum absolute atomic E-state index is 10.6. The normalized spacial score (nSPS) is 14.6. The van der Waals surface area contributed by atoms with E-state index >= 15 is 0 Å². The average Bonchev–Trinajstić information content (AvgIpc) is 3.22. The van der Waals surface area contributed by atoms with Crippen molar-refractivity contribution < 1.29 is 25.6 Å². The lowest BCUT2D eigenvalue weighted by molar-refractivity contribution is 0.280. The first-order valence-corrected chi connectivity index (χ1v) is 15.0. The molecule has 0 radical (unpaired) electrons. The molecule has 0 aromatic heterocycles. The molecule has 1 saturated heterocycles. The van der Waals surface area contributed by atoms with Crippen LogP contribution in [-0.2, 0) is 37.4 Å². The van der Waals surface area contributed by atoms with Crippen molar-refractivity contribution in [1.29, 1.82) is 0 Å². The van der Waals surface area contributed by atoms with Gasteiger partial charge in [0.1, 0.15) is 0 Å². The van der Waals surface area contributed by atoms with Gasteiger partial charge >= 0.3 is 0 Å². The second kappa shape index (κ2) is 16.8. The Morgan fingerprint density at radius 1 is 0.941 bits per heavy atom. The minimum absolute atomic E-state index is 0.168. The highest BCUT2D eigenvalue weighted by Crippen LogP contribution is 2.06. The van der Waals surface area contributed by atoms with Gasteiger partial charge in [-0.05, 0) is 49.9 Å². The maximum atomic E-state index is 10.6. The van der Waals surface area contributed by atoms with Crippen molar-refractivity contribution in [3.63, 3.8) is 0 Å². The zero-order valence-corrected chi connectivity index (χ0v) is 21.9. The Bertz CT molecular complexity index is 969. The van der Waals surface area contributed by atoms with E-state index in [1.807, 2.05) is 37.3 Å². The SMILES string of the molecule is CCCCc1ccccc1.CCN(CCCS(=O)(=O)O)Cc1ccccc1.O=S1(=O)CCCO1. The third-order valence-electron chi connectivity index (χ3n) is 5.04. The Kier molecular flexibility index (Phi) is 14.9. The van der Waals surface area contributed by atoms with Crippen molar-refractivity contribution in [2.75, 3.05) is 31.2 Å². The van der Waals surface area contributed by atoms with Crippen molar-refractivity contribution in [2.45, 2.75) is 52.5 Å². The molecule has 1 fully saturated rings. The fourth-order valence-electron chi connectivity index (χ4n) is 3.17. The molecule has 34 heavy (non-hydrogen) atoms. The van der Waals surface area contributed by atoms with Crippen LogP contribution in [0.1, 0.15) is 50.7 Å². The van der Waals surface area contributed by atoms with E-state index in [9.17, 15) is 16.8 Å². The summed E-state index contributed by atoms with van der Waals surface area (Å²) < 4.78 is 54.6. The molecule has 0 amide bonds. The molecule has 0 saturated carbocycles. The third kappa shape index (κ3) is 16.0. The summed E-state index contributed by atoms with van der Waals surface area (Å²) >= 11 is 0. The Hall–Kier alpha value is -1.78. The molecule has 0 atom stereocenters. The number of hydrogen-bond acceptors (Lipinski definition) is 6. The molecule has 3 rings (SSSR count). The van der Waals surface area contributed by atoms with Gasteiger partial charge in [0.25, 0.3) is 20.2 Å². The highest BCUT2D eigenvalue weighted by atomic mass is 32.2. The van der Waals surface area contributed by atoms with Gasteiger partial charge in [-0.2, -0.15) is 16.8 Å². The van der Waals surface area contributed by atoms with E-state index in [4.69, 9.17) is 4.55 Å². The fraction of sp³-hybridized carbons (Fsp3) is 0.520. The van der Waals surface area contributed by atoms with Crippen molar-refractivity contribution in [1.82, 2.24) is 4.90 Å². The van der Waals surface area contributed by atoms with Crippen LogP contribution >= 0.6 is 0 Å². The van der Waals surface area contributed by atoms with Gasteiger partial charge in [0.15, 0.2) is 0 Å². The van der Waals surface area contributed by atoms with Gasteiger partial charge in [0, 0.05) is 6.54 Å². The van der Waals surface area contributed by atoms with Crippen LogP contribution in [0.15, 0.2) is 60.7 Å². The monoisotopic (exact) mass is 513 g/mol.